The average molecular weight is 382 g/mol. The van der Waals surface area contributed by atoms with Gasteiger partial charge in [-0.25, -0.2) is 0 Å². The molecule has 13 heteroatoms. The van der Waals surface area contributed by atoms with Crippen LogP contribution in [0.3, 0.4) is 0 Å². The molecule has 0 unspecified atom stereocenters. The van der Waals surface area contributed by atoms with Gasteiger partial charge in [0.15, 0.2) is 17.1 Å². The molecule has 0 aliphatic rings. The molecular formula is C15H3N12P. The molecule has 0 aliphatic heterocycles. The Morgan fingerprint density at radius 2 is 0.786 bits per heavy atom. The fourth-order valence-electron chi connectivity index (χ4n) is 2.46. The zero-order valence-electron chi connectivity index (χ0n) is 13.5. The van der Waals surface area contributed by atoms with Crippen molar-refractivity contribution in [3.05, 3.63) is 34.2 Å². The van der Waals surface area contributed by atoms with Crippen molar-refractivity contribution in [3.8, 4) is 36.4 Å². The fraction of sp³-hybridized carbons (Fsp3) is 0. The Morgan fingerprint density at radius 3 is 1.00 bits per heavy atom. The van der Waals surface area contributed by atoms with Crippen molar-refractivity contribution in [2.45, 2.75) is 0 Å². The summed E-state index contributed by atoms with van der Waals surface area (Å²) < 4.78 is 0. The largest absolute Gasteiger partial charge is 0.266 e. The van der Waals surface area contributed by atoms with E-state index in [1.165, 1.54) is 0 Å². The number of aromatic nitrogens is 6. The summed E-state index contributed by atoms with van der Waals surface area (Å²) in [5.74, 6) is 0. The van der Waals surface area contributed by atoms with E-state index in [0.29, 0.717) is 0 Å². The zero-order valence-corrected chi connectivity index (χ0v) is 14.4. The first-order valence-corrected chi connectivity index (χ1v) is 8.45. The number of hydrogen-bond acceptors (Lipinski definition) is 9. The molecule has 0 saturated heterocycles. The normalized spacial score (nSPS) is 9.54. The van der Waals surface area contributed by atoms with Crippen LogP contribution in [0, 0.1) is 68.0 Å². The Labute approximate surface area is 157 Å². The maximum Gasteiger partial charge on any atom is 0.171 e. The first-order valence-electron chi connectivity index (χ1n) is 7.10. The van der Waals surface area contributed by atoms with Gasteiger partial charge in [-0.1, -0.05) is 0 Å². The quantitative estimate of drug-likeness (QED) is 0.463. The lowest BCUT2D eigenvalue weighted by molar-refractivity contribution is 1.06. The van der Waals surface area contributed by atoms with Crippen LogP contribution in [0.4, 0.5) is 0 Å². The van der Waals surface area contributed by atoms with E-state index in [-0.39, 0.29) is 50.1 Å². The molecule has 12 nitrogen and oxygen atoms in total. The lowest BCUT2D eigenvalue weighted by Gasteiger charge is -2.16. The van der Waals surface area contributed by atoms with Gasteiger partial charge in [0.25, 0.3) is 0 Å². The summed E-state index contributed by atoms with van der Waals surface area (Å²) in [6.45, 7) is 0. The van der Waals surface area contributed by atoms with Crippen LogP contribution >= 0.6 is 7.92 Å². The van der Waals surface area contributed by atoms with E-state index in [2.05, 4.69) is 30.6 Å². The van der Waals surface area contributed by atoms with E-state index in [9.17, 15) is 31.6 Å². The second-order valence-corrected chi connectivity index (χ2v) is 6.91. The van der Waals surface area contributed by atoms with Gasteiger partial charge in [0.1, 0.15) is 53.5 Å². The van der Waals surface area contributed by atoms with Crippen LogP contribution in [0.1, 0.15) is 34.2 Å². The number of nitriles is 6. The van der Waals surface area contributed by atoms with Gasteiger partial charge in [0.2, 0.25) is 0 Å². The molecule has 3 aromatic heterocycles. The molecule has 0 amide bonds. The van der Waals surface area contributed by atoms with Gasteiger partial charge >= 0.3 is 0 Å². The Morgan fingerprint density at radius 1 is 0.500 bits per heavy atom. The highest BCUT2D eigenvalue weighted by Gasteiger charge is 2.36. The van der Waals surface area contributed by atoms with Crippen molar-refractivity contribution in [1.29, 1.82) is 31.6 Å². The molecular weight excluding hydrogens is 379 g/mol. The summed E-state index contributed by atoms with van der Waals surface area (Å²) in [6, 6.07) is 11.1. The Hall–Kier alpha value is -5.00. The van der Waals surface area contributed by atoms with Gasteiger partial charge in [0.05, 0.1) is 15.9 Å². The maximum atomic E-state index is 9.45. The molecule has 28 heavy (non-hydrogen) atoms. The van der Waals surface area contributed by atoms with Crippen LogP contribution < -0.4 is 15.9 Å². The van der Waals surface area contributed by atoms with Gasteiger partial charge in [-0.3, -0.25) is 15.3 Å². The monoisotopic (exact) mass is 382 g/mol. The number of H-pyrrole nitrogens is 3. The molecule has 0 spiro atoms. The van der Waals surface area contributed by atoms with Crippen LogP contribution in [0.2, 0.25) is 0 Å². The van der Waals surface area contributed by atoms with Gasteiger partial charge < -0.3 is 0 Å². The third-order valence-corrected chi connectivity index (χ3v) is 6.19. The third kappa shape index (κ3) is 2.50. The van der Waals surface area contributed by atoms with Crippen molar-refractivity contribution in [2.24, 2.45) is 0 Å². The summed E-state index contributed by atoms with van der Waals surface area (Å²) in [7, 11) is -2.11. The molecule has 0 aliphatic carbocycles. The second-order valence-electron chi connectivity index (χ2n) is 4.89. The van der Waals surface area contributed by atoms with Crippen molar-refractivity contribution in [3.63, 3.8) is 0 Å². The molecule has 0 radical (unpaired) electrons. The molecule has 3 rings (SSSR count). The van der Waals surface area contributed by atoms with E-state index in [1.54, 1.807) is 0 Å². The summed E-state index contributed by atoms with van der Waals surface area (Å²) in [4.78, 5) is 0. The van der Waals surface area contributed by atoms with Crippen molar-refractivity contribution in [2.75, 3.05) is 0 Å². The fourth-order valence-corrected chi connectivity index (χ4v) is 5.04. The maximum absolute atomic E-state index is 9.45. The smallest absolute Gasteiger partial charge is 0.171 e. The number of nitrogens with zero attached hydrogens (tertiary/aromatic N) is 9. The molecule has 0 fully saturated rings. The van der Waals surface area contributed by atoms with E-state index in [4.69, 9.17) is 0 Å². The molecule has 3 aromatic rings. The van der Waals surface area contributed by atoms with Crippen LogP contribution in [-0.4, -0.2) is 30.6 Å². The molecule has 0 bridgehead atoms. The van der Waals surface area contributed by atoms with Crippen LogP contribution in [0.5, 0.6) is 0 Å². The highest BCUT2D eigenvalue weighted by molar-refractivity contribution is 7.80. The van der Waals surface area contributed by atoms with Crippen molar-refractivity contribution in [1.82, 2.24) is 30.6 Å². The predicted octanol–water partition coefficient (Wildman–Crippen LogP) is -1.16. The zero-order chi connectivity index (χ0) is 20.3. The number of aromatic amines is 3. The van der Waals surface area contributed by atoms with Crippen LogP contribution in [-0.2, 0) is 0 Å². The number of nitrogens with one attached hydrogen (secondary N) is 3. The molecule has 128 valence electrons. The van der Waals surface area contributed by atoms with E-state index >= 15 is 0 Å². The van der Waals surface area contributed by atoms with E-state index in [1.807, 2.05) is 36.4 Å². The molecule has 3 N–H and O–H groups in total. The lowest BCUT2D eigenvalue weighted by Crippen LogP contribution is -2.28. The van der Waals surface area contributed by atoms with Gasteiger partial charge in [-0.05, 0) is 0 Å². The first kappa shape index (κ1) is 17.8. The minimum atomic E-state index is -2.11. The molecule has 0 aromatic carbocycles. The summed E-state index contributed by atoms with van der Waals surface area (Å²) in [5.41, 5.74) is -0.844. The topological polar surface area (TPSA) is 229 Å². The number of rotatable bonds is 3. The standard InChI is InChI=1S/C15H3N12P/c16-1-7-13(8(2-17)23-22-7)28(14-9(3-18)24-25-10(14)4-19)15-11(5-20)26-27-12(15)6-21/h(H,22,23)(H,24,25)(H,26,27). The Balaban J connectivity index is 2.53. The Kier molecular flexibility index (Phi) is 4.51. The van der Waals surface area contributed by atoms with E-state index in [0.717, 1.165) is 0 Å². The van der Waals surface area contributed by atoms with Crippen LogP contribution in [0.25, 0.3) is 0 Å². The highest BCUT2D eigenvalue weighted by atomic mass is 31.1. The average Bonchev–Trinajstić information content (AvgIpc) is 3.44. The minimum absolute atomic E-state index is 0.0591. The molecule has 0 atom stereocenters. The van der Waals surface area contributed by atoms with Crippen molar-refractivity contribution < 1.29 is 0 Å². The highest BCUT2D eigenvalue weighted by Crippen LogP contribution is 2.38. The van der Waals surface area contributed by atoms with Crippen molar-refractivity contribution >= 4 is 23.8 Å². The SMILES string of the molecule is N#Cc1n[nH]c(C#N)c1P(c1c(C#N)n[nH]c1C#N)c1c(C#N)n[nH]c1C#N. The molecule has 3 heterocycles. The molecule has 0 saturated carbocycles. The third-order valence-electron chi connectivity index (χ3n) is 3.55. The Bertz CT molecular complexity index is 1080. The summed E-state index contributed by atoms with van der Waals surface area (Å²) in [6.07, 6.45) is 0. The van der Waals surface area contributed by atoms with E-state index < -0.39 is 7.92 Å². The summed E-state index contributed by atoms with van der Waals surface area (Å²) >= 11 is 0. The lowest BCUT2D eigenvalue weighted by atomic mass is 10.3. The minimum Gasteiger partial charge on any atom is -0.266 e. The predicted molar refractivity (Wildman–Crippen MR) is 89.9 cm³/mol. The van der Waals surface area contributed by atoms with Crippen LogP contribution in [0.15, 0.2) is 0 Å². The van der Waals surface area contributed by atoms with Gasteiger partial charge in [-0.2, -0.15) is 46.9 Å². The second kappa shape index (κ2) is 7.09. The number of hydrogen-bond donors (Lipinski definition) is 3. The summed E-state index contributed by atoms with van der Waals surface area (Å²) in [5, 5.41) is 75.4. The van der Waals surface area contributed by atoms with Gasteiger partial charge in [0, 0.05) is 7.92 Å². The first-order chi connectivity index (χ1) is 13.6. The van der Waals surface area contributed by atoms with Gasteiger partial charge in [-0.15, -0.1) is 0 Å².